The topological polar surface area (TPSA) is 146 Å². The number of hydrogen-bond donors (Lipinski definition) is 1. The number of hydrogen-bond acceptors (Lipinski definition) is 6. The third-order valence-corrected chi connectivity index (χ3v) is 3.35. The molecule has 0 radical (unpaired) electrons. The summed E-state index contributed by atoms with van der Waals surface area (Å²) in [5, 5.41) is 26.7. The van der Waals surface area contributed by atoms with Crippen LogP contribution in [0.1, 0.15) is 18.9 Å². The van der Waals surface area contributed by atoms with Gasteiger partial charge in [0.1, 0.15) is 5.56 Å². The number of benzene rings is 1. The van der Waals surface area contributed by atoms with E-state index in [1.807, 2.05) is 0 Å². The van der Waals surface area contributed by atoms with E-state index in [1.54, 1.807) is 6.92 Å². The molecule has 0 aliphatic rings. The molecule has 0 amide bonds. The van der Waals surface area contributed by atoms with Crippen molar-refractivity contribution in [1.82, 2.24) is 0 Å². The largest absolute Gasteiger partial charge is 0.299 e. The third-order valence-electron chi connectivity index (χ3n) is 2.41. The number of nitrogens with two attached hydrogens (primary N) is 1. The molecule has 2 N–H and O–H groups in total. The van der Waals surface area contributed by atoms with E-state index in [-0.39, 0.29) is 12.0 Å². The molecule has 0 aliphatic carbocycles. The lowest BCUT2D eigenvalue weighted by molar-refractivity contribution is -0.397. The molecule has 1 aromatic rings. The standard InChI is InChI=1S/C9H11N3O6S/c1-2-3-6-7(11(13)14)4-5-8(19(10,17)18)9(6)12(15)16/h4-5H,2-3H2,1H3,(H2,10,17,18). The summed E-state index contributed by atoms with van der Waals surface area (Å²) in [7, 11) is -4.33. The van der Waals surface area contributed by atoms with E-state index in [9.17, 15) is 28.6 Å². The first kappa shape index (κ1) is 15.0. The maximum absolute atomic E-state index is 11.3. The minimum Gasteiger partial charge on any atom is -0.258 e. The zero-order valence-corrected chi connectivity index (χ0v) is 10.7. The highest BCUT2D eigenvalue weighted by Gasteiger charge is 2.32. The lowest BCUT2D eigenvalue weighted by atomic mass is 10.1. The van der Waals surface area contributed by atoms with Gasteiger partial charge in [0, 0.05) is 6.07 Å². The predicted octanol–water partition coefficient (Wildman–Crippen LogP) is 1.10. The predicted molar refractivity (Wildman–Crippen MR) is 65.1 cm³/mol. The fourth-order valence-electron chi connectivity index (χ4n) is 1.70. The zero-order valence-electron chi connectivity index (χ0n) is 9.90. The van der Waals surface area contributed by atoms with Crippen molar-refractivity contribution in [2.24, 2.45) is 5.14 Å². The number of nitro benzene ring substituents is 2. The van der Waals surface area contributed by atoms with Gasteiger partial charge < -0.3 is 0 Å². The van der Waals surface area contributed by atoms with E-state index in [0.717, 1.165) is 12.1 Å². The second-order valence-electron chi connectivity index (χ2n) is 3.72. The fourth-order valence-corrected chi connectivity index (χ4v) is 2.43. The van der Waals surface area contributed by atoms with E-state index in [1.165, 1.54) is 0 Å². The number of primary sulfonamides is 1. The summed E-state index contributed by atoms with van der Waals surface area (Å²) in [4.78, 5) is 19.4. The monoisotopic (exact) mass is 289 g/mol. The van der Waals surface area contributed by atoms with Crippen LogP contribution in [0, 0.1) is 20.2 Å². The van der Waals surface area contributed by atoms with Crippen molar-refractivity contribution in [3.05, 3.63) is 37.9 Å². The first-order chi connectivity index (χ1) is 8.70. The fraction of sp³-hybridized carbons (Fsp3) is 0.333. The summed E-state index contributed by atoms with van der Waals surface area (Å²) in [5.41, 5.74) is -1.54. The quantitative estimate of drug-likeness (QED) is 0.634. The highest BCUT2D eigenvalue weighted by Crippen LogP contribution is 2.34. The Bertz CT molecular complexity index is 640. The van der Waals surface area contributed by atoms with Crippen LogP contribution in [0.4, 0.5) is 11.4 Å². The number of rotatable bonds is 5. The number of sulfonamides is 1. The Morgan fingerprint density at radius 1 is 1.21 bits per heavy atom. The summed E-state index contributed by atoms with van der Waals surface area (Å²) in [6.07, 6.45) is 0.395. The number of nitro groups is 2. The van der Waals surface area contributed by atoms with Gasteiger partial charge in [0.25, 0.3) is 11.4 Å². The van der Waals surface area contributed by atoms with Gasteiger partial charge >= 0.3 is 0 Å². The highest BCUT2D eigenvalue weighted by atomic mass is 32.2. The summed E-state index contributed by atoms with van der Waals surface area (Å²) in [5.74, 6) is 0. The summed E-state index contributed by atoms with van der Waals surface area (Å²) in [6, 6.07) is 1.70. The molecule has 0 spiro atoms. The Labute approximate surface area is 108 Å². The maximum atomic E-state index is 11.3. The molecule has 104 valence electrons. The van der Waals surface area contributed by atoms with Crippen molar-refractivity contribution in [3.8, 4) is 0 Å². The maximum Gasteiger partial charge on any atom is 0.299 e. The minimum absolute atomic E-state index is 0.00991. The second kappa shape index (κ2) is 5.28. The van der Waals surface area contributed by atoms with Crippen LogP contribution in [0.25, 0.3) is 0 Å². The molecule has 9 nitrogen and oxygen atoms in total. The summed E-state index contributed by atoms with van der Waals surface area (Å²) >= 11 is 0. The number of nitrogens with zero attached hydrogens (tertiary/aromatic N) is 2. The minimum atomic E-state index is -4.33. The molecule has 10 heteroatoms. The molecule has 1 aromatic carbocycles. The molecule has 0 saturated carbocycles. The van der Waals surface area contributed by atoms with Crippen molar-refractivity contribution in [2.75, 3.05) is 0 Å². The summed E-state index contributed by atoms with van der Waals surface area (Å²) in [6.45, 7) is 1.66. The molecule has 0 aromatic heterocycles. The normalized spacial score (nSPS) is 11.3. The van der Waals surface area contributed by atoms with Crippen LogP contribution in [0.2, 0.25) is 0 Å². The Hall–Kier alpha value is -2.07. The van der Waals surface area contributed by atoms with Gasteiger partial charge in [-0.05, 0) is 12.5 Å². The molecular formula is C9H11N3O6S. The van der Waals surface area contributed by atoms with E-state index >= 15 is 0 Å². The SMILES string of the molecule is CCCc1c([N+](=O)[O-])ccc(S(N)(=O)=O)c1[N+](=O)[O-]. The van der Waals surface area contributed by atoms with Crippen molar-refractivity contribution in [3.63, 3.8) is 0 Å². The average molecular weight is 289 g/mol. The first-order valence-corrected chi connectivity index (χ1v) is 6.72. The van der Waals surface area contributed by atoms with Crippen LogP contribution < -0.4 is 5.14 Å². The van der Waals surface area contributed by atoms with Crippen molar-refractivity contribution in [2.45, 2.75) is 24.7 Å². The van der Waals surface area contributed by atoms with Crippen molar-refractivity contribution in [1.29, 1.82) is 0 Å². The van der Waals surface area contributed by atoms with E-state index in [4.69, 9.17) is 5.14 Å². The Kier molecular flexibility index (Phi) is 4.17. The first-order valence-electron chi connectivity index (χ1n) is 5.17. The molecule has 0 atom stereocenters. The third kappa shape index (κ3) is 3.03. The van der Waals surface area contributed by atoms with Crippen LogP contribution in [0.15, 0.2) is 17.0 Å². The van der Waals surface area contributed by atoms with Crippen LogP contribution in [0.5, 0.6) is 0 Å². The van der Waals surface area contributed by atoms with Crippen LogP contribution in [-0.4, -0.2) is 18.3 Å². The van der Waals surface area contributed by atoms with Crippen LogP contribution >= 0.6 is 0 Å². The lowest BCUT2D eigenvalue weighted by Gasteiger charge is -2.06. The lowest BCUT2D eigenvalue weighted by Crippen LogP contribution is -2.16. The van der Waals surface area contributed by atoms with Crippen molar-refractivity contribution < 1.29 is 18.3 Å². The van der Waals surface area contributed by atoms with E-state index in [2.05, 4.69) is 0 Å². The molecule has 0 fully saturated rings. The Morgan fingerprint density at radius 2 is 1.79 bits per heavy atom. The van der Waals surface area contributed by atoms with Crippen molar-refractivity contribution >= 4 is 21.4 Å². The molecule has 0 saturated heterocycles. The summed E-state index contributed by atoms with van der Waals surface area (Å²) < 4.78 is 22.6. The van der Waals surface area contributed by atoms with Gasteiger partial charge in [-0.3, -0.25) is 20.2 Å². The molecule has 0 unspecified atom stereocenters. The average Bonchev–Trinajstić information content (AvgIpc) is 2.26. The molecule has 19 heavy (non-hydrogen) atoms. The Balaban J connectivity index is 3.78. The van der Waals surface area contributed by atoms with Gasteiger partial charge in [0.15, 0.2) is 4.90 Å². The van der Waals surface area contributed by atoms with Gasteiger partial charge in [-0.1, -0.05) is 13.3 Å². The molecule has 0 heterocycles. The van der Waals surface area contributed by atoms with Gasteiger partial charge in [-0.25, -0.2) is 13.6 Å². The van der Waals surface area contributed by atoms with E-state index < -0.39 is 36.1 Å². The van der Waals surface area contributed by atoms with E-state index in [0.29, 0.717) is 6.42 Å². The molecular weight excluding hydrogens is 278 g/mol. The zero-order chi connectivity index (χ0) is 14.8. The van der Waals surface area contributed by atoms with Crippen LogP contribution in [-0.2, 0) is 16.4 Å². The van der Waals surface area contributed by atoms with Crippen LogP contribution in [0.3, 0.4) is 0 Å². The second-order valence-corrected chi connectivity index (χ2v) is 5.25. The molecule has 0 bridgehead atoms. The van der Waals surface area contributed by atoms with Gasteiger partial charge in [-0.2, -0.15) is 0 Å². The Morgan fingerprint density at radius 3 is 2.16 bits per heavy atom. The molecule has 0 aliphatic heterocycles. The van der Waals surface area contributed by atoms with Gasteiger partial charge in [0.2, 0.25) is 10.0 Å². The van der Waals surface area contributed by atoms with Gasteiger partial charge in [-0.15, -0.1) is 0 Å². The van der Waals surface area contributed by atoms with Gasteiger partial charge in [0.05, 0.1) is 9.85 Å². The highest BCUT2D eigenvalue weighted by molar-refractivity contribution is 7.89. The molecule has 1 rings (SSSR count). The smallest absolute Gasteiger partial charge is 0.258 e.